The highest BCUT2D eigenvalue weighted by molar-refractivity contribution is 7.89. The second kappa shape index (κ2) is 7.81. The van der Waals surface area contributed by atoms with Crippen molar-refractivity contribution >= 4 is 10.0 Å². The highest BCUT2D eigenvalue weighted by Crippen LogP contribution is 2.21. The molecule has 0 radical (unpaired) electrons. The molecule has 0 heterocycles. The van der Waals surface area contributed by atoms with Crippen molar-refractivity contribution in [2.45, 2.75) is 44.6 Å². The summed E-state index contributed by atoms with van der Waals surface area (Å²) < 4.78 is 33.2. The van der Waals surface area contributed by atoms with Crippen LogP contribution in [-0.2, 0) is 10.0 Å². The van der Waals surface area contributed by atoms with Gasteiger partial charge in [-0.2, -0.15) is 0 Å². The number of benzene rings is 2. The van der Waals surface area contributed by atoms with Gasteiger partial charge in [-0.3, -0.25) is 0 Å². The third kappa shape index (κ3) is 4.58. The maximum atomic E-state index is 12.5. The molecule has 0 saturated heterocycles. The van der Waals surface area contributed by atoms with E-state index < -0.39 is 10.0 Å². The Hall–Kier alpha value is -1.85. The van der Waals surface area contributed by atoms with E-state index in [4.69, 9.17) is 4.74 Å². The Labute approximate surface area is 144 Å². The van der Waals surface area contributed by atoms with Gasteiger partial charge >= 0.3 is 0 Å². The standard InChI is InChI=1S/C19H25NO3S/c1-5-23-18-10-6-17(7-11-18)15(4)20-24(21,22)19-12-8-16(9-13-19)14(2)3/h6-15,20H,5H2,1-4H3. The molecule has 1 N–H and O–H groups in total. The van der Waals surface area contributed by atoms with Crippen molar-refractivity contribution in [1.82, 2.24) is 4.72 Å². The molecule has 24 heavy (non-hydrogen) atoms. The monoisotopic (exact) mass is 347 g/mol. The van der Waals surface area contributed by atoms with Crippen molar-refractivity contribution in [3.8, 4) is 5.75 Å². The van der Waals surface area contributed by atoms with Gasteiger partial charge in [0, 0.05) is 6.04 Å². The smallest absolute Gasteiger partial charge is 0.241 e. The summed E-state index contributed by atoms with van der Waals surface area (Å²) in [6.45, 7) is 8.52. The molecule has 2 aromatic carbocycles. The van der Waals surface area contributed by atoms with Gasteiger partial charge in [-0.15, -0.1) is 0 Å². The molecule has 0 aliphatic heterocycles. The Morgan fingerprint density at radius 2 is 1.46 bits per heavy atom. The van der Waals surface area contributed by atoms with Gasteiger partial charge in [-0.25, -0.2) is 13.1 Å². The first-order valence-corrected chi connectivity index (χ1v) is 9.67. The van der Waals surface area contributed by atoms with Gasteiger partial charge < -0.3 is 4.74 Å². The molecule has 0 aliphatic carbocycles. The molecule has 1 atom stereocenters. The zero-order valence-electron chi connectivity index (χ0n) is 14.6. The van der Waals surface area contributed by atoms with Crippen LogP contribution in [0.3, 0.4) is 0 Å². The van der Waals surface area contributed by atoms with Gasteiger partial charge in [0.05, 0.1) is 11.5 Å². The normalized spacial score (nSPS) is 13.0. The number of ether oxygens (including phenoxy) is 1. The predicted octanol–water partition coefficient (Wildman–Crippen LogP) is 4.25. The van der Waals surface area contributed by atoms with E-state index in [-0.39, 0.29) is 10.9 Å². The summed E-state index contributed by atoms with van der Waals surface area (Å²) in [4.78, 5) is 0.282. The Bertz CT molecular complexity index is 750. The van der Waals surface area contributed by atoms with Crippen LogP contribution >= 0.6 is 0 Å². The number of hydrogen-bond donors (Lipinski definition) is 1. The minimum Gasteiger partial charge on any atom is -0.494 e. The fourth-order valence-electron chi connectivity index (χ4n) is 2.42. The third-order valence-corrected chi connectivity index (χ3v) is 5.44. The molecule has 1 unspecified atom stereocenters. The molecule has 0 bridgehead atoms. The lowest BCUT2D eigenvalue weighted by Gasteiger charge is -2.16. The summed E-state index contributed by atoms with van der Waals surface area (Å²) in [6, 6.07) is 14.2. The van der Waals surface area contributed by atoms with E-state index in [0.29, 0.717) is 12.5 Å². The van der Waals surface area contributed by atoms with Crippen molar-refractivity contribution in [1.29, 1.82) is 0 Å². The van der Waals surface area contributed by atoms with Gasteiger partial charge in [0.1, 0.15) is 5.75 Å². The zero-order chi connectivity index (χ0) is 17.7. The van der Waals surface area contributed by atoms with E-state index >= 15 is 0 Å². The molecule has 0 aromatic heterocycles. The second-order valence-electron chi connectivity index (χ2n) is 6.07. The van der Waals surface area contributed by atoms with Crippen molar-refractivity contribution < 1.29 is 13.2 Å². The van der Waals surface area contributed by atoms with E-state index in [1.165, 1.54) is 0 Å². The SMILES string of the molecule is CCOc1ccc(C(C)NS(=O)(=O)c2ccc(C(C)C)cc2)cc1. The van der Waals surface area contributed by atoms with Crippen molar-refractivity contribution in [3.63, 3.8) is 0 Å². The molecule has 0 spiro atoms. The number of sulfonamides is 1. The molecular formula is C19H25NO3S. The summed E-state index contributed by atoms with van der Waals surface area (Å²) in [5, 5.41) is 0. The first-order valence-electron chi connectivity index (χ1n) is 8.18. The van der Waals surface area contributed by atoms with Crippen LogP contribution in [0.25, 0.3) is 0 Å². The van der Waals surface area contributed by atoms with E-state index in [9.17, 15) is 8.42 Å². The fourth-order valence-corrected chi connectivity index (χ4v) is 3.65. The summed E-state index contributed by atoms with van der Waals surface area (Å²) in [6.07, 6.45) is 0. The molecule has 0 amide bonds. The molecule has 2 aromatic rings. The molecule has 0 fully saturated rings. The van der Waals surface area contributed by atoms with Gasteiger partial charge in [0.15, 0.2) is 0 Å². The van der Waals surface area contributed by atoms with Crippen molar-refractivity contribution in [2.24, 2.45) is 0 Å². The van der Waals surface area contributed by atoms with Gasteiger partial charge in [0.25, 0.3) is 0 Å². The molecular weight excluding hydrogens is 322 g/mol. The van der Waals surface area contributed by atoms with E-state index in [0.717, 1.165) is 16.9 Å². The third-order valence-electron chi connectivity index (χ3n) is 3.88. The lowest BCUT2D eigenvalue weighted by Crippen LogP contribution is -2.26. The topological polar surface area (TPSA) is 55.4 Å². The van der Waals surface area contributed by atoms with E-state index in [1.807, 2.05) is 50.2 Å². The zero-order valence-corrected chi connectivity index (χ0v) is 15.4. The lowest BCUT2D eigenvalue weighted by molar-refractivity contribution is 0.340. The highest BCUT2D eigenvalue weighted by Gasteiger charge is 2.18. The predicted molar refractivity (Wildman–Crippen MR) is 96.9 cm³/mol. The van der Waals surface area contributed by atoms with Gasteiger partial charge in [-0.1, -0.05) is 38.1 Å². The molecule has 2 rings (SSSR count). The molecule has 4 nitrogen and oxygen atoms in total. The average Bonchev–Trinajstić information content (AvgIpc) is 2.55. The van der Waals surface area contributed by atoms with Crippen molar-refractivity contribution in [2.75, 3.05) is 6.61 Å². The minimum absolute atomic E-state index is 0.282. The van der Waals surface area contributed by atoms with Gasteiger partial charge in [-0.05, 0) is 55.2 Å². The van der Waals surface area contributed by atoms with Crippen molar-refractivity contribution in [3.05, 3.63) is 59.7 Å². The number of nitrogens with one attached hydrogen (secondary N) is 1. The lowest BCUT2D eigenvalue weighted by atomic mass is 10.0. The molecule has 130 valence electrons. The van der Waals surface area contributed by atoms with Crippen LogP contribution in [0.2, 0.25) is 0 Å². The van der Waals surface area contributed by atoms with Crippen LogP contribution < -0.4 is 9.46 Å². The van der Waals surface area contributed by atoms with Crippen LogP contribution in [0, 0.1) is 0 Å². The Morgan fingerprint density at radius 3 is 1.96 bits per heavy atom. The molecule has 0 saturated carbocycles. The summed E-state index contributed by atoms with van der Waals surface area (Å²) in [5.41, 5.74) is 2.01. The highest BCUT2D eigenvalue weighted by atomic mass is 32.2. The fraction of sp³-hybridized carbons (Fsp3) is 0.368. The molecule has 0 aliphatic rings. The number of rotatable bonds is 7. The van der Waals surface area contributed by atoms with Crippen LogP contribution in [-0.4, -0.2) is 15.0 Å². The summed E-state index contributed by atoms with van der Waals surface area (Å²) in [7, 11) is -3.55. The first-order chi connectivity index (χ1) is 11.3. The average molecular weight is 347 g/mol. The van der Waals surface area contributed by atoms with Crippen LogP contribution in [0.4, 0.5) is 0 Å². The minimum atomic E-state index is -3.55. The van der Waals surface area contributed by atoms with E-state index in [1.54, 1.807) is 12.1 Å². The quantitative estimate of drug-likeness (QED) is 0.815. The number of hydrogen-bond acceptors (Lipinski definition) is 3. The first kappa shape index (κ1) is 18.5. The van der Waals surface area contributed by atoms with E-state index in [2.05, 4.69) is 18.6 Å². The molecule has 5 heteroatoms. The Kier molecular flexibility index (Phi) is 6.02. The summed E-state index contributed by atoms with van der Waals surface area (Å²) >= 11 is 0. The Balaban J connectivity index is 2.12. The Morgan fingerprint density at radius 1 is 0.917 bits per heavy atom. The van der Waals surface area contributed by atoms with Crippen LogP contribution in [0.15, 0.2) is 53.4 Å². The van der Waals surface area contributed by atoms with Crippen LogP contribution in [0.5, 0.6) is 5.75 Å². The van der Waals surface area contributed by atoms with Gasteiger partial charge in [0.2, 0.25) is 10.0 Å². The second-order valence-corrected chi connectivity index (χ2v) is 7.78. The summed E-state index contributed by atoms with van der Waals surface area (Å²) in [5.74, 6) is 1.15. The maximum absolute atomic E-state index is 12.5. The van der Waals surface area contributed by atoms with Crippen LogP contribution in [0.1, 0.15) is 50.8 Å². The maximum Gasteiger partial charge on any atom is 0.241 e. The largest absolute Gasteiger partial charge is 0.494 e.